The minimum Gasteiger partial charge on any atom is -0.383 e. The van der Waals surface area contributed by atoms with Crippen LogP contribution in [0.15, 0.2) is 28.7 Å². The van der Waals surface area contributed by atoms with Crippen molar-refractivity contribution in [2.45, 2.75) is 26.3 Å². The molecule has 0 amide bonds. The molecule has 0 aliphatic carbocycles. The average Bonchev–Trinajstić information content (AvgIpc) is 2.77. The summed E-state index contributed by atoms with van der Waals surface area (Å²) in [5.41, 5.74) is 7.53. The minimum atomic E-state index is 0.402. The predicted octanol–water partition coefficient (Wildman–Crippen LogP) is 3.36. The normalized spacial score (nSPS) is 10.3. The van der Waals surface area contributed by atoms with E-state index in [1.165, 1.54) is 0 Å². The van der Waals surface area contributed by atoms with Crippen LogP contribution in [0.4, 0.5) is 11.6 Å². The third-order valence-corrected chi connectivity index (χ3v) is 3.70. The van der Waals surface area contributed by atoms with Crippen molar-refractivity contribution in [1.29, 1.82) is 5.26 Å². The highest BCUT2D eigenvalue weighted by Gasteiger charge is 2.15. The number of nitrogens with zero attached hydrogens (tertiary/aromatic N) is 3. The van der Waals surface area contributed by atoms with Crippen LogP contribution in [0.2, 0.25) is 0 Å². The van der Waals surface area contributed by atoms with E-state index in [9.17, 15) is 5.26 Å². The van der Waals surface area contributed by atoms with Gasteiger partial charge >= 0.3 is 0 Å². The average molecular weight is 348 g/mol. The lowest BCUT2D eigenvalue weighted by atomic mass is 10.2. The SMILES string of the molecule is CCCCNc1nn(Cc2ccc(Br)cc2)c(N)c1C#N. The van der Waals surface area contributed by atoms with Gasteiger partial charge in [-0.2, -0.15) is 10.4 Å². The summed E-state index contributed by atoms with van der Waals surface area (Å²) in [4.78, 5) is 0. The van der Waals surface area contributed by atoms with Crippen molar-refractivity contribution in [2.24, 2.45) is 0 Å². The number of nitrogens with two attached hydrogens (primary N) is 1. The quantitative estimate of drug-likeness (QED) is 0.785. The van der Waals surface area contributed by atoms with Crippen LogP contribution in [-0.4, -0.2) is 16.3 Å². The number of nitrogens with one attached hydrogen (secondary N) is 1. The molecule has 2 aromatic rings. The molecule has 5 nitrogen and oxygen atoms in total. The highest BCUT2D eigenvalue weighted by molar-refractivity contribution is 9.10. The Morgan fingerprint density at radius 1 is 1.38 bits per heavy atom. The zero-order chi connectivity index (χ0) is 15.2. The van der Waals surface area contributed by atoms with E-state index in [0.717, 1.165) is 29.4 Å². The molecule has 21 heavy (non-hydrogen) atoms. The first-order valence-electron chi connectivity index (χ1n) is 6.90. The van der Waals surface area contributed by atoms with Gasteiger partial charge in [0, 0.05) is 11.0 Å². The molecule has 2 rings (SSSR count). The lowest BCUT2D eigenvalue weighted by molar-refractivity contribution is 0.697. The predicted molar refractivity (Wildman–Crippen MR) is 88.0 cm³/mol. The van der Waals surface area contributed by atoms with Crippen molar-refractivity contribution in [2.75, 3.05) is 17.6 Å². The Hall–Kier alpha value is -2.00. The van der Waals surface area contributed by atoms with Gasteiger partial charge in [-0.3, -0.25) is 0 Å². The highest BCUT2D eigenvalue weighted by atomic mass is 79.9. The van der Waals surface area contributed by atoms with Crippen molar-refractivity contribution >= 4 is 27.6 Å². The first kappa shape index (κ1) is 15.4. The fourth-order valence-corrected chi connectivity index (χ4v) is 2.24. The van der Waals surface area contributed by atoms with Crippen LogP contribution < -0.4 is 11.1 Å². The standard InChI is InChI=1S/C15H18BrN5/c1-2-3-8-19-15-13(9-17)14(18)21(20-15)10-11-4-6-12(16)7-5-11/h4-7H,2-3,8,10,18H2,1H3,(H,19,20). The number of aromatic nitrogens is 2. The summed E-state index contributed by atoms with van der Waals surface area (Å²) >= 11 is 3.41. The Morgan fingerprint density at radius 2 is 2.10 bits per heavy atom. The van der Waals surface area contributed by atoms with Gasteiger partial charge in [0.25, 0.3) is 0 Å². The van der Waals surface area contributed by atoms with Crippen LogP contribution in [0, 0.1) is 11.3 Å². The largest absolute Gasteiger partial charge is 0.383 e. The van der Waals surface area contributed by atoms with E-state index in [1.54, 1.807) is 4.68 Å². The second-order valence-corrected chi connectivity index (χ2v) is 5.70. The molecule has 0 radical (unpaired) electrons. The van der Waals surface area contributed by atoms with Crippen molar-refractivity contribution < 1.29 is 0 Å². The number of unbranched alkanes of at least 4 members (excludes halogenated alkanes) is 1. The molecule has 0 saturated heterocycles. The van der Waals surface area contributed by atoms with Gasteiger partial charge in [0.05, 0.1) is 6.54 Å². The lowest BCUT2D eigenvalue weighted by Crippen LogP contribution is -2.07. The van der Waals surface area contributed by atoms with Crippen LogP contribution in [0.25, 0.3) is 0 Å². The number of hydrogen-bond acceptors (Lipinski definition) is 4. The van der Waals surface area contributed by atoms with Gasteiger partial charge in [-0.05, 0) is 24.1 Å². The van der Waals surface area contributed by atoms with Gasteiger partial charge < -0.3 is 11.1 Å². The molecule has 0 fully saturated rings. The molecule has 0 spiro atoms. The van der Waals surface area contributed by atoms with Crippen molar-refractivity contribution in [3.8, 4) is 6.07 Å². The molecule has 6 heteroatoms. The summed E-state index contributed by atoms with van der Waals surface area (Å²) < 4.78 is 2.69. The zero-order valence-corrected chi connectivity index (χ0v) is 13.5. The molecule has 1 aromatic heterocycles. The Balaban J connectivity index is 2.20. The van der Waals surface area contributed by atoms with Gasteiger partial charge in [-0.1, -0.05) is 41.4 Å². The van der Waals surface area contributed by atoms with E-state index in [4.69, 9.17) is 5.73 Å². The van der Waals surface area contributed by atoms with Crippen LogP contribution in [0.3, 0.4) is 0 Å². The summed E-state index contributed by atoms with van der Waals surface area (Å²) in [7, 11) is 0. The Bertz CT molecular complexity index is 639. The topological polar surface area (TPSA) is 79.7 Å². The molecule has 110 valence electrons. The second-order valence-electron chi connectivity index (χ2n) is 4.79. The van der Waals surface area contributed by atoms with Crippen molar-refractivity contribution in [1.82, 2.24) is 9.78 Å². The third-order valence-electron chi connectivity index (χ3n) is 3.17. The van der Waals surface area contributed by atoms with Crippen LogP contribution in [-0.2, 0) is 6.54 Å². The summed E-state index contributed by atoms with van der Waals surface area (Å²) in [5.74, 6) is 0.972. The van der Waals surface area contributed by atoms with Crippen molar-refractivity contribution in [3.63, 3.8) is 0 Å². The third kappa shape index (κ3) is 3.76. The maximum absolute atomic E-state index is 9.24. The fourth-order valence-electron chi connectivity index (χ4n) is 1.98. The van der Waals surface area contributed by atoms with Gasteiger partial charge in [-0.25, -0.2) is 4.68 Å². The number of nitrogen functional groups attached to an aromatic ring is 1. The zero-order valence-electron chi connectivity index (χ0n) is 11.9. The molecule has 0 bridgehead atoms. The molecule has 0 aliphatic heterocycles. The molecule has 0 saturated carbocycles. The molecule has 1 heterocycles. The first-order valence-corrected chi connectivity index (χ1v) is 7.69. The van der Waals surface area contributed by atoms with E-state index in [0.29, 0.717) is 23.7 Å². The smallest absolute Gasteiger partial charge is 0.168 e. The van der Waals surface area contributed by atoms with Crippen LogP contribution in [0.1, 0.15) is 30.9 Å². The van der Waals surface area contributed by atoms with Crippen molar-refractivity contribution in [3.05, 3.63) is 39.9 Å². The van der Waals surface area contributed by atoms with E-state index >= 15 is 0 Å². The molecule has 3 N–H and O–H groups in total. The molecule has 0 atom stereocenters. The second kappa shape index (κ2) is 7.14. The number of halogens is 1. The molecule has 0 aliphatic rings. The minimum absolute atomic E-state index is 0.402. The van der Waals surface area contributed by atoms with Gasteiger partial charge in [0.2, 0.25) is 0 Å². The van der Waals surface area contributed by atoms with Gasteiger partial charge in [0.15, 0.2) is 5.82 Å². The van der Waals surface area contributed by atoms with Crippen LogP contribution >= 0.6 is 15.9 Å². The molecular weight excluding hydrogens is 330 g/mol. The number of benzene rings is 1. The summed E-state index contributed by atoms with van der Waals surface area (Å²) in [6.45, 7) is 3.45. The molecule has 0 unspecified atom stereocenters. The van der Waals surface area contributed by atoms with E-state index in [1.807, 2.05) is 24.3 Å². The summed E-state index contributed by atoms with van der Waals surface area (Å²) in [6, 6.07) is 10.1. The monoisotopic (exact) mass is 347 g/mol. The van der Waals surface area contributed by atoms with E-state index in [-0.39, 0.29) is 0 Å². The Labute approximate surface area is 132 Å². The van der Waals surface area contributed by atoms with E-state index < -0.39 is 0 Å². The maximum atomic E-state index is 9.24. The Morgan fingerprint density at radius 3 is 2.71 bits per heavy atom. The van der Waals surface area contributed by atoms with Crippen LogP contribution in [0.5, 0.6) is 0 Å². The van der Waals surface area contributed by atoms with Gasteiger partial charge in [0.1, 0.15) is 17.5 Å². The molecule has 1 aromatic carbocycles. The number of nitriles is 1. The van der Waals surface area contributed by atoms with Gasteiger partial charge in [-0.15, -0.1) is 0 Å². The lowest BCUT2D eigenvalue weighted by Gasteiger charge is -2.04. The Kier molecular flexibility index (Phi) is 5.23. The number of anilines is 2. The maximum Gasteiger partial charge on any atom is 0.168 e. The summed E-state index contributed by atoms with van der Waals surface area (Å²) in [6.07, 6.45) is 2.12. The van der Waals surface area contributed by atoms with E-state index in [2.05, 4.69) is 39.3 Å². The molecular formula is C15H18BrN5. The summed E-state index contributed by atoms with van der Waals surface area (Å²) in [5, 5.41) is 16.8. The fraction of sp³-hybridized carbons (Fsp3) is 0.333. The highest BCUT2D eigenvalue weighted by Crippen LogP contribution is 2.22. The number of hydrogen-bond donors (Lipinski definition) is 2. The number of rotatable bonds is 6. The first-order chi connectivity index (χ1) is 10.2.